The Kier molecular flexibility index (Phi) is 6.95. The van der Waals surface area contributed by atoms with E-state index in [1.807, 2.05) is 30.0 Å². The average molecular weight is 469 g/mol. The molecule has 2 atom stereocenters. The maximum absolute atomic E-state index is 13.8. The smallest absolute Gasteiger partial charge is 0.335 e. The summed E-state index contributed by atoms with van der Waals surface area (Å²) in [5.74, 6) is 0.707. The van der Waals surface area contributed by atoms with E-state index in [0.29, 0.717) is 42.0 Å². The molecule has 8 heteroatoms. The number of aryl methyl sites for hydroxylation is 2. The van der Waals surface area contributed by atoms with E-state index in [-0.39, 0.29) is 17.9 Å². The van der Waals surface area contributed by atoms with Crippen LogP contribution in [0.4, 0.5) is 13.2 Å². The van der Waals surface area contributed by atoms with E-state index in [9.17, 15) is 18.0 Å². The van der Waals surface area contributed by atoms with E-state index in [0.717, 1.165) is 30.7 Å². The molecule has 4 rings (SSSR count). The van der Waals surface area contributed by atoms with E-state index in [4.69, 9.17) is 0 Å². The molecule has 3 heterocycles. The first-order valence-corrected chi connectivity index (χ1v) is 11.4. The number of hydrogen-bond acceptors (Lipinski definition) is 4. The van der Waals surface area contributed by atoms with Crippen LogP contribution >= 0.6 is 0 Å². The highest BCUT2D eigenvalue weighted by molar-refractivity contribution is 6.00. The number of alkyl halides is 3. The summed E-state index contributed by atoms with van der Waals surface area (Å²) in [5.41, 5.74) is 2.10. The average Bonchev–Trinajstić information content (AvgIpc) is 2.83. The molecule has 0 radical (unpaired) electrons. The van der Waals surface area contributed by atoms with Crippen molar-refractivity contribution < 1.29 is 18.0 Å². The predicted octanol–water partition coefficient (Wildman–Crippen LogP) is 5.74. The fourth-order valence-corrected chi connectivity index (χ4v) is 4.60. The van der Waals surface area contributed by atoms with Gasteiger partial charge in [-0.3, -0.25) is 9.78 Å². The molecular weight excluding hydrogens is 441 g/mol. The van der Waals surface area contributed by atoms with Crippen LogP contribution in [0.2, 0.25) is 0 Å². The first-order chi connectivity index (χ1) is 16.2. The van der Waals surface area contributed by atoms with Gasteiger partial charge in [0.25, 0.3) is 5.91 Å². The highest BCUT2D eigenvalue weighted by Gasteiger charge is 2.34. The lowest BCUT2D eigenvalue weighted by Gasteiger charge is -2.40. The van der Waals surface area contributed by atoms with Crippen LogP contribution in [0, 0.1) is 12.8 Å². The van der Waals surface area contributed by atoms with E-state index < -0.39 is 11.7 Å². The van der Waals surface area contributed by atoms with Crippen molar-refractivity contribution in [1.82, 2.24) is 19.9 Å². The summed E-state index contributed by atoms with van der Waals surface area (Å²) in [6.07, 6.45) is 2.82. The summed E-state index contributed by atoms with van der Waals surface area (Å²) < 4.78 is 38.5. The van der Waals surface area contributed by atoms with Crippen molar-refractivity contribution in [2.24, 2.45) is 5.92 Å². The van der Waals surface area contributed by atoms with Gasteiger partial charge in [0.1, 0.15) is 0 Å². The number of rotatable bonds is 5. The van der Waals surface area contributed by atoms with Gasteiger partial charge in [-0.1, -0.05) is 18.6 Å². The zero-order valence-electron chi connectivity index (χ0n) is 19.2. The Morgan fingerprint density at radius 2 is 1.88 bits per heavy atom. The summed E-state index contributed by atoms with van der Waals surface area (Å²) in [6, 6.07) is 9.86. The predicted molar refractivity (Wildman–Crippen MR) is 123 cm³/mol. The molecule has 0 aliphatic carbocycles. The van der Waals surface area contributed by atoms with Gasteiger partial charge in [0.2, 0.25) is 0 Å². The zero-order chi connectivity index (χ0) is 24.3. The van der Waals surface area contributed by atoms with Gasteiger partial charge in [-0.25, -0.2) is 9.97 Å². The van der Waals surface area contributed by atoms with Crippen LogP contribution in [0.5, 0.6) is 0 Å². The third-order valence-electron chi connectivity index (χ3n) is 6.44. The van der Waals surface area contributed by atoms with Crippen LogP contribution in [-0.4, -0.2) is 38.3 Å². The standard InChI is InChI=1S/C26H27F3N4O/c1-17-6-10-21(22(15-17)24-30-12-4-13-31-24)25(34)33-14-3-5-18(2)23(33)11-9-20-8-7-19(16-32-20)26(27,28)29/h4,6-8,10,12-13,15-16,18,23H,3,5,9,11,14H2,1-2H3/t18-,23-/m1/s1. The fourth-order valence-electron chi connectivity index (χ4n) is 4.60. The molecule has 1 fully saturated rings. The Hall–Kier alpha value is -3.29. The lowest BCUT2D eigenvalue weighted by molar-refractivity contribution is -0.137. The Morgan fingerprint density at radius 1 is 1.12 bits per heavy atom. The van der Waals surface area contributed by atoms with Gasteiger partial charge in [0.05, 0.1) is 11.1 Å². The number of benzene rings is 1. The first-order valence-electron chi connectivity index (χ1n) is 11.4. The first kappa shape index (κ1) is 23.9. The highest BCUT2D eigenvalue weighted by Crippen LogP contribution is 2.32. The summed E-state index contributed by atoms with van der Waals surface area (Å²) >= 11 is 0. The summed E-state index contributed by atoms with van der Waals surface area (Å²) in [6.45, 7) is 4.72. The maximum Gasteiger partial charge on any atom is 0.417 e. The van der Waals surface area contributed by atoms with Crippen LogP contribution in [0.1, 0.15) is 53.4 Å². The minimum absolute atomic E-state index is 0.0313. The third-order valence-corrected chi connectivity index (χ3v) is 6.44. The molecule has 178 valence electrons. The number of halogens is 3. The number of hydrogen-bond donors (Lipinski definition) is 0. The van der Waals surface area contributed by atoms with Gasteiger partial charge in [-0.2, -0.15) is 13.2 Å². The largest absolute Gasteiger partial charge is 0.417 e. The molecule has 0 bridgehead atoms. The number of aromatic nitrogens is 3. The molecule has 1 aliphatic rings. The molecule has 0 N–H and O–H groups in total. The molecule has 1 saturated heterocycles. The summed E-state index contributed by atoms with van der Waals surface area (Å²) in [5, 5.41) is 0. The van der Waals surface area contributed by atoms with E-state index >= 15 is 0 Å². The normalized spacial score (nSPS) is 18.7. The van der Waals surface area contributed by atoms with Crippen molar-refractivity contribution in [1.29, 1.82) is 0 Å². The zero-order valence-corrected chi connectivity index (χ0v) is 19.2. The summed E-state index contributed by atoms with van der Waals surface area (Å²) in [7, 11) is 0. The Balaban J connectivity index is 1.56. The molecule has 5 nitrogen and oxygen atoms in total. The van der Waals surface area contributed by atoms with Crippen molar-refractivity contribution in [3.05, 3.63) is 77.4 Å². The molecule has 1 amide bonds. The second-order valence-corrected chi connectivity index (χ2v) is 8.88. The monoisotopic (exact) mass is 468 g/mol. The second-order valence-electron chi connectivity index (χ2n) is 8.88. The minimum atomic E-state index is -4.40. The summed E-state index contributed by atoms with van der Waals surface area (Å²) in [4.78, 5) is 28.4. The van der Waals surface area contributed by atoms with Gasteiger partial charge >= 0.3 is 6.18 Å². The van der Waals surface area contributed by atoms with Gasteiger partial charge in [-0.05, 0) is 68.9 Å². The Morgan fingerprint density at radius 3 is 2.56 bits per heavy atom. The van der Waals surface area contributed by atoms with Crippen molar-refractivity contribution in [2.75, 3.05) is 6.54 Å². The fraction of sp³-hybridized carbons (Fsp3) is 0.385. The van der Waals surface area contributed by atoms with Gasteiger partial charge in [0, 0.05) is 42.4 Å². The molecule has 2 aromatic heterocycles. The van der Waals surface area contributed by atoms with Crippen LogP contribution in [-0.2, 0) is 12.6 Å². The second kappa shape index (κ2) is 9.91. The lowest BCUT2D eigenvalue weighted by atomic mass is 9.86. The molecule has 1 aliphatic heterocycles. The number of amides is 1. The van der Waals surface area contributed by atoms with E-state index in [2.05, 4.69) is 21.9 Å². The van der Waals surface area contributed by atoms with Crippen LogP contribution < -0.4 is 0 Å². The number of carbonyl (C=O) groups is 1. The highest BCUT2D eigenvalue weighted by atomic mass is 19.4. The van der Waals surface area contributed by atoms with Crippen LogP contribution in [0.25, 0.3) is 11.4 Å². The number of nitrogens with zero attached hydrogens (tertiary/aromatic N) is 4. The minimum Gasteiger partial charge on any atom is -0.335 e. The number of carbonyl (C=O) groups excluding carboxylic acids is 1. The van der Waals surface area contributed by atoms with Crippen molar-refractivity contribution in [3.8, 4) is 11.4 Å². The SMILES string of the molecule is Cc1ccc(C(=O)N2CCC[C@@H](C)[C@H]2CCc2ccc(C(F)(F)F)cn2)c(-c2ncccn2)c1. The van der Waals surface area contributed by atoms with Crippen molar-refractivity contribution >= 4 is 5.91 Å². The maximum atomic E-state index is 13.8. The van der Waals surface area contributed by atoms with Crippen LogP contribution in [0.3, 0.4) is 0 Å². The molecule has 1 aromatic carbocycles. The van der Waals surface area contributed by atoms with Gasteiger partial charge in [-0.15, -0.1) is 0 Å². The number of pyridine rings is 1. The molecule has 34 heavy (non-hydrogen) atoms. The van der Waals surface area contributed by atoms with E-state index in [1.54, 1.807) is 18.5 Å². The molecule has 0 unspecified atom stereocenters. The molecular formula is C26H27F3N4O. The topological polar surface area (TPSA) is 59.0 Å². The molecule has 0 saturated carbocycles. The van der Waals surface area contributed by atoms with Crippen molar-refractivity contribution in [3.63, 3.8) is 0 Å². The molecule has 3 aromatic rings. The van der Waals surface area contributed by atoms with Gasteiger partial charge < -0.3 is 4.90 Å². The Labute approximate surface area is 197 Å². The number of likely N-dealkylation sites (tertiary alicyclic amines) is 1. The van der Waals surface area contributed by atoms with Crippen LogP contribution in [0.15, 0.2) is 55.0 Å². The molecule has 0 spiro atoms. The Bertz CT molecular complexity index is 1130. The number of piperidine rings is 1. The third kappa shape index (κ3) is 5.26. The lowest BCUT2D eigenvalue weighted by Crippen LogP contribution is -2.48. The van der Waals surface area contributed by atoms with E-state index in [1.165, 1.54) is 6.07 Å². The van der Waals surface area contributed by atoms with Gasteiger partial charge in [0.15, 0.2) is 5.82 Å². The van der Waals surface area contributed by atoms with Crippen molar-refractivity contribution in [2.45, 2.75) is 51.7 Å². The quantitative estimate of drug-likeness (QED) is 0.479.